The third-order valence-electron chi connectivity index (χ3n) is 5.15. The van der Waals surface area contributed by atoms with E-state index in [1.54, 1.807) is 6.26 Å². The second kappa shape index (κ2) is 8.47. The Labute approximate surface area is 144 Å². The molecule has 1 fully saturated rings. The molecule has 3 rings (SSSR count). The Morgan fingerprint density at radius 3 is 2.71 bits per heavy atom. The summed E-state index contributed by atoms with van der Waals surface area (Å²) in [6.45, 7) is 4.52. The predicted octanol–water partition coefficient (Wildman–Crippen LogP) is 2.80. The Hall–Kier alpha value is -1.62. The molecule has 1 aromatic heterocycles. The van der Waals surface area contributed by atoms with E-state index in [4.69, 9.17) is 4.42 Å². The maximum atomic E-state index is 9.26. The van der Waals surface area contributed by atoms with E-state index in [1.165, 1.54) is 5.56 Å². The van der Waals surface area contributed by atoms with Crippen molar-refractivity contribution in [3.63, 3.8) is 0 Å². The van der Waals surface area contributed by atoms with Crippen LogP contribution in [-0.2, 0) is 0 Å². The summed E-state index contributed by atoms with van der Waals surface area (Å²) in [6.07, 6.45) is 3.67. The van der Waals surface area contributed by atoms with Gasteiger partial charge in [0.1, 0.15) is 5.76 Å². The summed E-state index contributed by atoms with van der Waals surface area (Å²) < 4.78 is 5.71. The van der Waals surface area contributed by atoms with E-state index in [0.717, 1.165) is 44.8 Å². The fourth-order valence-electron chi connectivity index (χ4n) is 3.63. The molecule has 24 heavy (non-hydrogen) atoms. The van der Waals surface area contributed by atoms with Gasteiger partial charge in [0, 0.05) is 38.2 Å². The lowest BCUT2D eigenvalue weighted by molar-refractivity contribution is 0.0770. The van der Waals surface area contributed by atoms with Crippen molar-refractivity contribution in [2.24, 2.45) is 0 Å². The van der Waals surface area contributed by atoms with Gasteiger partial charge in [-0.3, -0.25) is 0 Å². The second-order valence-corrected chi connectivity index (χ2v) is 6.71. The second-order valence-electron chi connectivity index (χ2n) is 6.71. The highest BCUT2D eigenvalue weighted by Gasteiger charge is 2.25. The lowest BCUT2D eigenvalue weighted by Crippen LogP contribution is -2.51. The van der Waals surface area contributed by atoms with Crippen LogP contribution < -0.4 is 0 Å². The third kappa shape index (κ3) is 4.26. The Morgan fingerprint density at radius 2 is 2.00 bits per heavy atom. The molecule has 0 saturated carbocycles. The predicted molar refractivity (Wildman–Crippen MR) is 96.2 cm³/mol. The highest BCUT2D eigenvalue weighted by molar-refractivity contribution is 5.27. The quantitative estimate of drug-likeness (QED) is 0.848. The minimum absolute atomic E-state index is 0.266. The standard InChI is InChI=1S/C20H28N2O2/c1-21-12-13-22(16-18(21)10-14-23)11-9-19(20-8-5-15-24-20)17-6-3-2-4-7-17/h2-8,15,18-19,23H,9-14,16H2,1H3. The highest BCUT2D eigenvalue weighted by Crippen LogP contribution is 2.29. The SMILES string of the molecule is CN1CCN(CCC(c2ccccc2)c2ccco2)CC1CCO. The van der Waals surface area contributed by atoms with Crippen LogP contribution in [0.4, 0.5) is 0 Å². The maximum absolute atomic E-state index is 9.26. The lowest BCUT2D eigenvalue weighted by atomic mass is 9.93. The van der Waals surface area contributed by atoms with Gasteiger partial charge in [0.15, 0.2) is 0 Å². The number of likely N-dealkylation sites (N-methyl/N-ethyl adjacent to an activating group) is 1. The topological polar surface area (TPSA) is 39.9 Å². The average Bonchev–Trinajstić information content (AvgIpc) is 3.13. The number of aliphatic hydroxyl groups is 1. The molecule has 1 aliphatic rings. The van der Waals surface area contributed by atoms with Crippen LogP contribution in [-0.4, -0.2) is 60.8 Å². The number of aliphatic hydroxyl groups excluding tert-OH is 1. The van der Waals surface area contributed by atoms with E-state index in [2.05, 4.69) is 53.2 Å². The van der Waals surface area contributed by atoms with Crippen molar-refractivity contribution in [3.8, 4) is 0 Å². The number of rotatable bonds is 7. The zero-order valence-corrected chi connectivity index (χ0v) is 14.5. The van der Waals surface area contributed by atoms with Crippen molar-refractivity contribution in [1.82, 2.24) is 9.80 Å². The van der Waals surface area contributed by atoms with Gasteiger partial charge in [0.25, 0.3) is 0 Å². The molecule has 2 aromatic rings. The fraction of sp³-hybridized carbons (Fsp3) is 0.500. The fourth-order valence-corrected chi connectivity index (χ4v) is 3.63. The van der Waals surface area contributed by atoms with E-state index in [0.29, 0.717) is 12.0 Å². The van der Waals surface area contributed by atoms with Crippen LogP contribution in [0.1, 0.15) is 30.1 Å². The van der Waals surface area contributed by atoms with Gasteiger partial charge in [-0.1, -0.05) is 30.3 Å². The van der Waals surface area contributed by atoms with E-state index in [-0.39, 0.29) is 6.61 Å². The molecular formula is C20H28N2O2. The van der Waals surface area contributed by atoms with Crippen LogP contribution >= 0.6 is 0 Å². The lowest BCUT2D eigenvalue weighted by Gasteiger charge is -2.39. The van der Waals surface area contributed by atoms with E-state index < -0.39 is 0 Å². The van der Waals surface area contributed by atoms with Crippen LogP contribution in [0.25, 0.3) is 0 Å². The van der Waals surface area contributed by atoms with Crippen molar-refractivity contribution >= 4 is 0 Å². The zero-order valence-electron chi connectivity index (χ0n) is 14.5. The van der Waals surface area contributed by atoms with Crippen molar-refractivity contribution < 1.29 is 9.52 Å². The number of nitrogens with zero attached hydrogens (tertiary/aromatic N) is 2. The molecule has 1 N–H and O–H groups in total. The largest absolute Gasteiger partial charge is 0.469 e. The first-order valence-corrected chi connectivity index (χ1v) is 8.89. The van der Waals surface area contributed by atoms with Gasteiger partial charge < -0.3 is 19.3 Å². The Bertz CT molecular complexity index is 585. The molecule has 0 bridgehead atoms. The van der Waals surface area contributed by atoms with Gasteiger partial charge >= 0.3 is 0 Å². The maximum Gasteiger partial charge on any atom is 0.111 e. The zero-order chi connectivity index (χ0) is 16.8. The monoisotopic (exact) mass is 328 g/mol. The van der Waals surface area contributed by atoms with Crippen LogP contribution in [0.5, 0.6) is 0 Å². The molecule has 2 atom stereocenters. The van der Waals surface area contributed by atoms with Crippen LogP contribution in [0.3, 0.4) is 0 Å². The van der Waals surface area contributed by atoms with Crippen molar-refractivity contribution in [2.45, 2.75) is 24.8 Å². The summed E-state index contributed by atoms with van der Waals surface area (Å²) in [5, 5.41) is 9.26. The Kier molecular flexibility index (Phi) is 6.07. The molecule has 2 unspecified atom stereocenters. The van der Waals surface area contributed by atoms with E-state index in [1.807, 2.05) is 6.07 Å². The smallest absolute Gasteiger partial charge is 0.111 e. The molecule has 130 valence electrons. The Balaban J connectivity index is 1.64. The summed E-state index contributed by atoms with van der Waals surface area (Å²) in [4.78, 5) is 4.90. The number of hydrogen-bond acceptors (Lipinski definition) is 4. The number of furan rings is 1. The van der Waals surface area contributed by atoms with Crippen molar-refractivity contribution in [3.05, 3.63) is 60.1 Å². The molecule has 2 heterocycles. The molecular weight excluding hydrogens is 300 g/mol. The van der Waals surface area contributed by atoms with Crippen LogP contribution in [0, 0.1) is 0 Å². The van der Waals surface area contributed by atoms with Gasteiger partial charge in [0.05, 0.1) is 6.26 Å². The Morgan fingerprint density at radius 1 is 1.17 bits per heavy atom. The van der Waals surface area contributed by atoms with E-state index in [9.17, 15) is 5.11 Å². The summed E-state index contributed by atoms with van der Waals surface area (Å²) in [5.74, 6) is 1.35. The van der Waals surface area contributed by atoms with Gasteiger partial charge in [0.2, 0.25) is 0 Å². The van der Waals surface area contributed by atoms with Gasteiger partial charge in [-0.2, -0.15) is 0 Å². The van der Waals surface area contributed by atoms with Crippen LogP contribution in [0.2, 0.25) is 0 Å². The molecule has 4 nitrogen and oxygen atoms in total. The molecule has 1 aromatic carbocycles. The molecule has 0 spiro atoms. The average molecular weight is 328 g/mol. The van der Waals surface area contributed by atoms with E-state index >= 15 is 0 Å². The van der Waals surface area contributed by atoms with Crippen LogP contribution in [0.15, 0.2) is 53.1 Å². The summed E-state index contributed by atoms with van der Waals surface area (Å²) in [7, 11) is 2.16. The first-order chi connectivity index (χ1) is 11.8. The summed E-state index contributed by atoms with van der Waals surface area (Å²) in [5.41, 5.74) is 1.31. The molecule has 0 radical (unpaired) electrons. The number of hydrogen-bond donors (Lipinski definition) is 1. The number of benzene rings is 1. The van der Waals surface area contributed by atoms with Crippen molar-refractivity contribution in [2.75, 3.05) is 39.8 Å². The first kappa shape index (κ1) is 17.2. The molecule has 0 amide bonds. The minimum atomic E-state index is 0.266. The highest BCUT2D eigenvalue weighted by atomic mass is 16.3. The molecule has 4 heteroatoms. The summed E-state index contributed by atoms with van der Waals surface area (Å²) >= 11 is 0. The number of piperazine rings is 1. The van der Waals surface area contributed by atoms with Crippen molar-refractivity contribution in [1.29, 1.82) is 0 Å². The molecule has 0 aliphatic carbocycles. The van der Waals surface area contributed by atoms with Gasteiger partial charge in [-0.15, -0.1) is 0 Å². The summed E-state index contributed by atoms with van der Waals surface area (Å²) in [6, 6.07) is 15.1. The normalized spacial score (nSPS) is 21.0. The minimum Gasteiger partial charge on any atom is -0.469 e. The van der Waals surface area contributed by atoms with Gasteiger partial charge in [-0.25, -0.2) is 0 Å². The molecule has 1 aliphatic heterocycles. The first-order valence-electron chi connectivity index (χ1n) is 8.89. The third-order valence-corrected chi connectivity index (χ3v) is 5.15. The van der Waals surface area contributed by atoms with Gasteiger partial charge in [-0.05, 0) is 44.1 Å². The molecule has 1 saturated heterocycles.